The molecule has 7 heteroatoms. The molecule has 3 N–H and O–H groups in total. The number of hydrogen-bond acceptors (Lipinski definition) is 4. The van der Waals surface area contributed by atoms with E-state index in [0.29, 0.717) is 17.5 Å². The molecule has 0 aromatic carbocycles. The predicted molar refractivity (Wildman–Crippen MR) is 88.0 cm³/mol. The van der Waals surface area contributed by atoms with Crippen molar-refractivity contribution < 1.29 is 8.42 Å². The lowest BCUT2D eigenvalue weighted by molar-refractivity contribution is 0.556. The molecular formula is C14H25N3O2S2. The summed E-state index contributed by atoms with van der Waals surface area (Å²) in [7, 11) is -3.45. The fourth-order valence-electron chi connectivity index (χ4n) is 2.30. The van der Waals surface area contributed by atoms with Crippen molar-refractivity contribution in [1.29, 1.82) is 0 Å². The number of nitrogens with one attached hydrogen (secondary N) is 1. The predicted octanol–water partition coefficient (Wildman–Crippen LogP) is 2.09. The van der Waals surface area contributed by atoms with Crippen LogP contribution < -0.4 is 10.5 Å². The molecule has 21 heavy (non-hydrogen) atoms. The first-order chi connectivity index (χ1) is 9.97. The molecule has 0 radical (unpaired) electrons. The largest absolute Gasteiger partial charge is 0.346 e. The summed E-state index contributed by atoms with van der Waals surface area (Å²) in [5, 5.41) is 0. The maximum absolute atomic E-state index is 12.4. The van der Waals surface area contributed by atoms with Crippen LogP contribution in [0.25, 0.3) is 0 Å². The second-order valence-electron chi connectivity index (χ2n) is 5.52. The molecule has 0 aliphatic heterocycles. The minimum absolute atomic E-state index is 0.0559. The normalized spacial score (nSPS) is 17.1. The average Bonchev–Trinajstić information content (AvgIpc) is 3.17. The number of thioether (sulfide) groups is 1. The first kappa shape index (κ1) is 16.9. The van der Waals surface area contributed by atoms with E-state index in [1.165, 1.54) is 0 Å². The van der Waals surface area contributed by atoms with Gasteiger partial charge in [0.15, 0.2) is 0 Å². The molecule has 1 aromatic heterocycles. The Morgan fingerprint density at radius 3 is 2.81 bits per heavy atom. The molecule has 1 heterocycles. The van der Waals surface area contributed by atoms with E-state index in [1.807, 2.05) is 23.3 Å². The second kappa shape index (κ2) is 7.17. The number of hydrogen-bond donors (Lipinski definition) is 2. The van der Waals surface area contributed by atoms with Gasteiger partial charge in [-0.05, 0) is 43.8 Å². The molecule has 1 aliphatic rings. The highest BCUT2D eigenvalue weighted by atomic mass is 32.2. The zero-order valence-corrected chi connectivity index (χ0v) is 14.3. The molecular weight excluding hydrogens is 306 g/mol. The Labute approximate surface area is 131 Å². The molecule has 5 nitrogen and oxygen atoms in total. The van der Waals surface area contributed by atoms with Crippen LogP contribution in [-0.4, -0.2) is 30.5 Å². The van der Waals surface area contributed by atoms with Crippen molar-refractivity contribution in [2.75, 3.05) is 11.5 Å². The van der Waals surface area contributed by atoms with Crippen molar-refractivity contribution >= 4 is 21.8 Å². The van der Waals surface area contributed by atoms with Crippen LogP contribution in [0.3, 0.4) is 0 Å². The molecule has 0 amide bonds. The lowest BCUT2D eigenvalue weighted by atomic mass is 10.3. The van der Waals surface area contributed by atoms with Crippen LogP contribution in [0.4, 0.5) is 0 Å². The molecule has 1 fully saturated rings. The summed E-state index contributed by atoms with van der Waals surface area (Å²) < 4.78 is 29.6. The number of rotatable bonds is 9. The monoisotopic (exact) mass is 331 g/mol. The fraction of sp³-hybridized carbons (Fsp3) is 0.714. The van der Waals surface area contributed by atoms with E-state index in [4.69, 9.17) is 5.73 Å². The van der Waals surface area contributed by atoms with Crippen LogP contribution in [0, 0.1) is 0 Å². The van der Waals surface area contributed by atoms with Gasteiger partial charge in [0, 0.05) is 30.5 Å². The Balaban J connectivity index is 2.05. The summed E-state index contributed by atoms with van der Waals surface area (Å²) in [5.41, 5.74) is 6.61. The van der Waals surface area contributed by atoms with Gasteiger partial charge < -0.3 is 10.3 Å². The third kappa shape index (κ3) is 4.48. The first-order valence-corrected chi connectivity index (χ1v) is 10.1. The van der Waals surface area contributed by atoms with Gasteiger partial charge in [-0.15, -0.1) is 0 Å². The van der Waals surface area contributed by atoms with Crippen molar-refractivity contribution in [1.82, 2.24) is 9.29 Å². The van der Waals surface area contributed by atoms with Gasteiger partial charge in [-0.25, -0.2) is 13.1 Å². The minimum Gasteiger partial charge on any atom is -0.346 e. The minimum atomic E-state index is -3.45. The van der Waals surface area contributed by atoms with Crippen LogP contribution in [-0.2, 0) is 16.6 Å². The maximum Gasteiger partial charge on any atom is 0.242 e. The molecule has 1 aliphatic carbocycles. The van der Waals surface area contributed by atoms with Crippen LogP contribution in [0.5, 0.6) is 0 Å². The third-order valence-electron chi connectivity index (χ3n) is 3.62. The number of nitrogens with two attached hydrogens (primary N) is 1. The standard InChI is InChI=1S/C14H25N3O2S2/c1-3-20-7-6-11(2)16-21(18,19)14-8-13(9-15)17(10-14)12-4-5-12/h8,10-12,16H,3-7,9,15H2,1-2H3. The highest BCUT2D eigenvalue weighted by Gasteiger charge is 2.28. The number of aromatic nitrogens is 1. The first-order valence-electron chi connectivity index (χ1n) is 7.48. The van der Waals surface area contributed by atoms with Gasteiger partial charge in [-0.1, -0.05) is 6.92 Å². The Morgan fingerprint density at radius 1 is 1.52 bits per heavy atom. The van der Waals surface area contributed by atoms with Gasteiger partial charge in [-0.2, -0.15) is 11.8 Å². The van der Waals surface area contributed by atoms with Crippen molar-refractivity contribution in [2.45, 2.75) is 56.6 Å². The zero-order valence-electron chi connectivity index (χ0n) is 12.7. The van der Waals surface area contributed by atoms with Gasteiger partial charge in [-0.3, -0.25) is 0 Å². The molecule has 1 saturated carbocycles. The van der Waals surface area contributed by atoms with Gasteiger partial charge in [0.25, 0.3) is 0 Å². The van der Waals surface area contributed by atoms with Crippen molar-refractivity contribution in [3.63, 3.8) is 0 Å². The zero-order chi connectivity index (χ0) is 15.5. The molecule has 120 valence electrons. The van der Waals surface area contributed by atoms with Gasteiger partial charge in [0.2, 0.25) is 10.0 Å². The molecule has 0 saturated heterocycles. The lowest BCUT2D eigenvalue weighted by Gasteiger charge is -2.13. The Bertz CT molecular complexity index is 565. The van der Waals surface area contributed by atoms with E-state index >= 15 is 0 Å². The summed E-state index contributed by atoms with van der Waals surface area (Å²) in [4.78, 5) is 0.338. The van der Waals surface area contributed by atoms with Crippen LogP contribution in [0.2, 0.25) is 0 Å². The molecule has 1 unspecified atom stereocenters. The van der Waals surface area contributed by atoms with Crippen LogP contribution in [0.15, 0.2) is 17.2 Å². The van der Waals surface area contributed by atoms with Crippen LogP contribution >= 0.6 is 11.8 Å². The molecule has 2 rings (SSSR count). The quantitative estimate of drug-likeness (QED) is 0.679. The second-order valence-corrected chi connectivity index (χ2v) is 8.63. The van der Waals surface area contributed by atoms with Gasteiger partial charge in [0.05, 0.1) is 4.90 Å². The van der Waals surface area contributed by atoms with E-state index in [1.54, 1.807) is 12.3 Å². The third-order valence-corrected chi connectivity index (χ3v) is 6.11. The van der Waals surface area contributed by atoms with Crippen molar-refractivity contribution in [3.8, 4) is 0 Å². The van der Waals surface area contributed by atoms with Crippen molar-refractivity contribution in [2.24, 2.45) is 5.73 Å². The van der Waals surface area contributed by atoms with E-state index < -0.39 is 10.0 Å². The molecule has 1 atom stereocenters. The smallest absolute Gasteiger partial charge is 0.242 e. The van der Waals surface area contributed by atoms with Crippen molar-refractivity contribution in [3.05, 3.63) is 18.0 Å². The van der Waals surface area contributed by atoms with E-state index in [-0.39, 0.29) is 6.04 Å². The molecule has 1 aromatic rings. The maximum atomic E-state index is 12.4. The Hall–Kier alpha value is -0.500. The average molecular weight is 332 g/mol. The number of nitrogens with zero attached hydrogens (tertiary/aromatic N) is 1. The number of sulfonamides is 1. The summed E-state index contributed by atoms with van der Waals surface area (Å²) >= 11 is 1.83. The molecule has 0 bridgehead atoms. The summed E-state index contributed by atoms with van der Waals surface area (Å²) in [6.07, 6.45) is 4.79. The van der Waals surface area contributed by atoms with E-state index in [2.05, 4.69) is 11.6 Å². The summed E-state index contributed by atoms with van der Waals surface area (Å²) in [6, 6.07) is 2.08. The van der Waals surface area contributed by atoms with Gasteiger partial charge in [0.1, 0.15) is 0 Å². The Kier molecular flexibility index (Phi) is 5.76. The molecule has 0 spiro atoms. The summed E-state index contributed by atoms with van der Waals surface area (Å²) in [5.74, 6) is 2.03. The fourth-order valence-corrected chi connectivity index (χ4v) is 4.43. The van der Waals surface area contributed by atoms with Crippen LogP contribution in [0.1, 0.15) is 44.8 Å². The highest BCUT2D eigenvalue weighted by molar-refractivity contribution is 7.99. The highest BCUT2D eigenvalue weighted by Crippen LogP contribution is 2.37. The SMILES string of the molecule is CCSCCC(C)NS(=O)(=O)c1cc(CN)n(C2CC2)c1. The Morgan fingerprint density at radius 2 is 2.24 bits per heavy atom. The lowest BCUT2D eigenvalue weighted by Crippen LogP contribution is -2.32. The summed E-state index contributed by atoms with van der Waals surface area (Å²) in [6.45, 7) is 4.39. The topological polar surface area (TPSA) is 77.1 Å². The van der Waals surface area contributed by atoms with Gasteiger partial charge >= 0.3 is 0 Å². The van der Waals surface area contributed by atoms with E-state index in [0.717, 1.165) is 36.5 Å². The van der Waals surface area contributed by atoms with E-state index in [9.17, 15) is 8.42 Å².